The van der Waals surface area contributed by atoms with Gasteiger partial charge in [0.2, 0.25) is 0 Å². The smallest absolute Gasteiger partial charge is 0.123 e. The van der Waals surface area contributed by atoms with Crippen LogP contribution in [0.4, 0.5) is 5.69 Å². The molecule has 0 radical (unpaired) electrons. The number of aryl methyl sites for hydroxylation is 1. The second-order valence-corrected chi connectivity index (χ2v) is 6.41. The maximum atomic E-state index is 5.89. The normalized spacial score (nSPS) is 21.4. The van der Waals surface area contributed by atoms with Gasteiger partial charge < -0.3 is 9.73 Å². The fourth-order valence-corrected chi connectivity index (χ4v) is 3.04. The van der Waals surface area contributed by atoms with E-state index in [0.717, 1.165) is 34.1 Å². The molecule has 1 aromatic heterocycles. The molecule has 1 heterocycles. The van der Waals surface area contributed by atoms with E-state index >= 15 is 0 Å². The molecule has 1 aromatic carbocycles. The topological polar surface area (TPSA) is 25.2 Å². The molecule has 1 aliphatic carbocycles. The molecular formula is C16H18BrNO. The van der Waals surface area contributed by atoms with E-state index in [-0.39, 0.29) is 0 Å². The zero-order chi connectivity index (χ0) is 13.4. The minimum Gasteiger partial charge on any atom is -0.464 e. The Bertz CT molecular complexity index is 570. The molecule has 0 spiro atoms. The SMILES string of the molecule is Cc1cc(Br)cc(NCc2ccc(C3CC3C)o2)c1. The van der Waals surface area contributed by atoms with Crippen LogP contribution in [0.2, 0.25) is 0 Å². The summed E-state index contributed by atoms with van der Waals surface area (Å²) in [6.45, 7) is 5.10. The van der Waals surface area contributed by atoms with Crippen LogP contribution in [0, 0.1) is 12.8 Å². The standard InChI is InChI=1S/C16H18BrNO/c1-10-5-12(17)8-13(6-10)18-9-14-3-4-16(19-14)15-7-11(15)2/h3-6,8,11,15,18H,7,9H2,1-2H3. The molecule has 0 amide bonds. The second kappa shape index (κ2) is 5.04. The van der Waals surface area contributed by atoms with E-state index in [2.05, 4.69) is 65.4 Å². The van der Waals surface area contributed by atoms with Crippen LogP contribution in [0.25, 0.3) is 0 Å². The lowest BCUT2D eigenvalue weighted by Crippen LogP contribution is -1.98. The van der Waals surface area contributed by atoms with Gasteiger partial charge in [-0.2, -0.15) is 0 Å². The lowest BCUT2D eigenvalue weighted by molar-refractivity contribution is 0.468. The van der Waals surface area contributed by atoms with Crippen molar-refractivity contribution in [2.24, 2.45) is 5.92 Å². The van der Waals surface area contributed by atoms with Crippen LogP contribution < -0.4 is 5.32 Å². The molecule has 2 unspecified atom stereocenters. The molecule has 2 atom stereocenters. The average molecular weight is 320 g/mol. The Hall–Kier alpha value is -1.22. The summed E-state index contributed by atoms with van der Waals surface area (Å²) >= 11 is 3.51. The Morgan fingerprint density at radius 1 is 1.32 bits per heavy atom. The summed E-state index contributed by atoms with van der Waals surface area (Å²) in [4.78, 5) is 0. The number of nitrogens with one attached hydrogen (secondary N) is 1. The first kappa shape index (κ1) is 12.8. The van der Waals surface area contributed by atoms with Crippen molar-refractivity contribution in [3.63, 3.8) is 0 Å². The van der Waals surface area contributed by atoms with Gasteiger partial charge in [-0.15, -0.1) is 0 Å². The Morgan fingerprint density at radius 3 is 2.79 bits per heavy atom. The van der Waals surface area contributed by atoms with Gasteiger partial charge in [0.05, 0.1) is 6.54 Å². The second-order valence-electron chi connectivity index (χ2n) is 5.49. The maximum Gasteiger partial charge on any atom is 0.123 e. The molecule has 1 N–H and O–H groups in total. The zero-order valence-corrected chi connectivity index (χ0v) is 12.8. The van der Waals surface area contributed by atoms with Crippen molar-refractivity contribution in [2.75, 3.05) is 5.32 Å². The van der Waals surface area contributed by atoms with Gasteiger partial charge >= 0.3 is 0 Å². The summed E-state index contributed by atoms with van der Waals surface area (Å²) in [6, 6.07) is 10.5. The Labute approximate surface area is 122 Å². The highest BCUT2D eigenvalue weighted by Gasteiger charge is 2.36. The third-order valence-electron chi connectivity index (χ3n) is 3.67. The summed E-state index contributed by atoms with van der Waals surface area (Å²) < 4.78 is 6.98. The number of anilines is 1. The van der Waals surface area contributed by atoms with E-state index in [1.165, 1.54) is 12.0 Å². The number of rotatable bonds is 4. The van der Waals surface area contributed by atoms with Crippen molar-refractivity contribution in [2.45, 2.75) is 32.7 Å². The molecular weight excluding hydrogens is 302 g/mol. The van der Waals surface area contributed by atoms with E-state index in [4.69, 9.17) is 4.42 Å². The van der Waals surface area contributed by atoms with E-state index in [9.17, 15) is 0 Å². The van der Waals surface area contributed by atoms with Crippen molar-refractivity contribution < 1.29 is 4.42 Å². The van der Waals surface area contributed by atoms with E-state index in [0.29, 0.717) is 5.92 Å². The van der Waals surface area contributed by atoms with Gasteiger partial charge in [-0.1, -0.05) is 22.9 Å². The number of furan rings is 1. The third kappa shape index (κ3) is 3.03. The first-order valence-electron chi connectivity index (χ1n) is 6.71. The highest BCUT2D eigenvalue weighted by Crippen LogP contribution is 2.47. The Balaban J connectivity index is 1.64. The lowest BCUT2D eigenvalue weighted by atomic mass is 10.2. The van der Waals surface area contributed by atoms with E-state index in [1.54, 1.807) is 0 Å². The lowest BCUT2D eigenvalue weighted by Gasteiger charge is -2.06. The highest BCUT2D eigenvalue weighted by molar-refractivity contribution is 9.10. The average Bonchev–Trinajstić information content (AvgIpc) is 2.89. The fourth-order valence-electron chi connectivity index (χ4n) is 2.43. The molecule has 2 nitrogen and oxygen atoms in total. The van der Waals surface area contributed by atoms with Crippen LogP contribution in [0.3, 0.4) is 0 Å². The highest BCUT2D eigenvalue weighted by atomic mass is 79.9. The van der Waals surface area contributed by atoms with Gasteiger partial charge in [0.1, 0.15) is 11.5 Å². The number of hydrogen-bond acceptors (Lipinski definition) is 2. The number of halogens is 1. The first-order chi connectivity index (χ1) is 9.11. The van der Waals surface area contributed by atoms with Gasteiger partial charge in [0.25, 0.3) is 0 Å². The maximum absolute atomic E-state index is 5.89. The van der Waals surface area contributed by atoms with Crippen molar-refractivity contribution in [3.8, 4) is 0 Å². The number of benzene rings is 1. The predicted octanol–water partition coefficient (Wildman–Crippen LogP) is 5.09. The molecule has 1 fully saturated rings. The van der Waals surface area contributed by atoms with Crippen molar-refractivity contribution in [1.29, 1.82) is 0 Å². The fraction of sp³-hybridized carbons (Fsp3) is 0.375. The van der Waals surface area contributed by atoms with Crippen LogP contribution in [0.1, 0.15) is 36.3 Å². The largest absolute Gasteiger partial charge is 0.464 e. The minimum absolute atomic E-state index is 0.655. The molecule has 0 bridgehead atoms. The molecule has 1 saturated carbocycles. The third-order valence-corrected chi connectivity index (χ3v) is 4.12. The van der Waals surface area contributed by atoms with Gasteiger partial charge in [-0.05, 0) is 55.2 Å². The summed E-state index contributed by atoms with van der Waals surface area (Å²) in [5, 5.41) is 3.40. The van der Waals surface area contributed by atoms with Crippen molar-refractivity contribution in [1.82, 2.24) is 0 Å². The molecule has 100 valence electrons. The van der Waals surface area contributed by atoms with E-state index < -0.39 is 0 Å². The predicted molar refractivity (Wildman–Crippen MR) is 81.4 cm³/mol. The molecule has 3 heteroatoms. The van der Waals surface area contributed by atoms with Gasteiger partial charge in [-0.25, -0.2) is 0 Å². The molecule has 3 rings (SSSR count). The van der Waals surface area contributed by atoms with Gasteiger partial charge in [0.15, 0.2) is 0 Å². The zero-order valence-electron chi connectivity index (χ0n) is 11.2. The van der Waals surface area contributed by atoms with Crippen LogP contribution in [0.15, 0.2) is 39.2 Å². The van der Waals surface area contributed by atoms with Crippen molar-refractivity contribution in [3.05, 3.63) is 51.9 Å². The minimum atomic E-state index is 0.655. The van der Waals surface area contributed by atoms with Crippen LogP contribution in [-0.2, 0) is 6.54 Å². The summed E-state index contributed by atoms with van der Waals surface area (Å²) in [6.07, 6.45) is 1.27. The van der Waals surface area contributed by atoms with Crippen LogP contribution in [0.5, 0.6) is 0 Å². The monoisotopic (exact) mass is 319 g/mol. The number of hydrogen-bond donors (Lipinski definition) is 1. The first-order valence-corrected chi connectivity index (χ1v) is 7.51. The summed E-state index contributed by atoms with van der Waals surface area (Å²) in [5.41, 5.74) is 2.36. The summed E-state index contributed by atoms with van der Waals surface area (Å²) in [5.74, 6) is 3.60. The molecule has 1 aliphatic rings. The van der Waals surface area contributed by atoms with E-state index in [1.807, 2.05) is 0 Å². The molecule has 19 heavy (non-hydrogen) atoms. The molecule has 2 aromatic rings. The van der Waals surface area contributed by atoms with Crippen molar-refractivity contribution >= 4 is 21.6 Å². The molecule has 0 saturated heterocycles. The van der Waals surface area contributed by atoms with Gasteiger partial charge in [-0.3, -0.25) is 0 Å². The Kier molecular flexibility index (Phi) is 3.40. The quantitative estimate of drug-likeness (QED) is 0.849. The Morgan fingerprint density at radius 2 is 2.11 bits per heavy atom. The molecule has 0 aliphatic heterocycles. The van der Waals surface area contributed by atoms with Crippen LogP contribution in [-0.4, -0.2) is 0 Å². The van der Waals surface area contributed by atoms with Crippen LogP contribution >= 0.6 is 15.9 Å². The summed E-state index contributed by atoms with van der Waals surface area (Å²) in [7, 11) is 0. The van der Waals surface area contributed by atoms with Gasteiger partial charge in [0, 0.05) is 16.1 Å².